The summed E-state index contributed by atoms with van der Waals surface area (Å²) < 4.78 is 0. The second-order valence-corrected chi connectivity index (χ2v) is 7.44. The fraction of sp³-hybridized carbons (Fsp3) is 0.600. The maximum absolute atomic E-state index is 9.02. The Hall–Kier alpha value is -0.220. The van der Waals surface area contributed by atoms with Gasteiger partial charge in [-0.15, -0.1) is 11.8 Å². The van der Waals surface area contributed by atoms with Gasteiger partial charge in [-0.2, -0.15) is 0 Å². The molecule has 0 aliphatic rings. The predicted molar refractivity (Wildman–Crippen MR) is 85.0 cm³/mol. The summed E-state index contributed by atoms with van der Waals surface area (Å²) in [4.78, 5) is 1.08. The van der Waals surface area contributed by atoms with Crippen LogP contribution in [0.3, 0.4) is 0 Å². The van der Waals surface area contributed by atoms with Crippen molar-refractivity contribution < 1.29 is 5.11 Å². The van der Waals surface area contributed by atoms with Crippen molar-refractivity contribution in [3.05, 3.63) is 28.8 Å². The second kappa shape index (κ2) is 7.53. The van der Waals surface area contributed by atoms with Gasteiger partial charge >= 0.3 is 0 Å². The van der Waals surface area contributed by atoms with Crippen LogP contribution in [0.4, 0.5) is 0 Å². The third-order valence-corrected chi connectivity index (χ3v) is 4.48. The van der Waals surface area contributed by atoms with Gasteiger partial charge < -0.3 is 10.4 Å². The van der Waals surface area contributed by atoms with Crippen LogP contribution < -0.4 is 5.32 Å². The summed E-state index contributed by atoms with van der Waals surface area (Å²) in [5.41, 5.74) is 1.30. The van der Waals surface area contributed by atoms with Gasteiger partial charge in [-0.3, -0.25) is 0 Å². The van der Waals surface area contributed by atoms with Crippen molar-refractivity contribution in [1.82, 2.24) is 5.32 Å². The molecule has 0 aliphatic heterocycles. The lowest BCUT2D eigenvalue weighted by molar-refractivity contribution is 0.250. The van der Waals surface area contributed by atoms with E-state index < -0.39 is 0 Å². The molecule has 19 heavy (non-hydrogen) atoms. The van der Waals surface area contributed by atoms with E-state index in [9.17, 15) is 0 Å². The molecule has 1 rings (SSSR count). The number of halogens is 1. The van der Waals surface area contributed by atoms with Gasteiger partial charge in [-0.05, 0) is 44.4 Å². The first kappa shape index (κ1) is 16.8. The van der Waals surface area contributed by atoms with Gasteiger partial charge in [-0.25, -0.2) is 0 Å². The summed E-state index contributed by atoms with van der Waals surface area (Å²) in [6.07, 6.45) is 0. The third kappa shape index (κ3) is 6.66. The molecule has 0 bridgehead atoms. The van der Waals surface area contributed by atoms with Crippen LogP contribution in [-0.4, -0.2) is 23.0 Å². The Kier molecular flexibility index (Phi) is 6.67. The molecule has 1 unspecified atom stereocenters. The van der Waals surface area contributed by atoms with E-state index in [4.69, 9.17) is 16.7 Å². The Bertz CT molecular complexity index is 404. The van der Waals surface area contributed by atoms with Crippen molar-refractivity contribution in [1.29, 1.82) is 0 Å². The van der Waals surface area contributed by atoms with Crippen LogP contribution in [0.15, 0.2) is 23.1 Å². The minimum Gasteiger partial charge on any atom is -0.396 e. The minimum atomic E-state index is 0.108. The molecule has 2 nitrogen and oxygen atoms in total. The molecule has 0 saturated heterocycles. The van der Waals surface area contributed by atoms with E-state index in [0.29, 0.717) is 5.92 Å². The largest absolute Gasteiger partial charge is 0.396 e. The van der Waals surface area contributed by atoms with E-state index >= 15 is 0 Å². The number of aliphatic hydroxyl groups excluding tert-OH is 1. The summed E-state index contributed by atoms with van der Waals surface area (Å²) in [7, 11) is 0. The highest BCUT2D eigenvalue weighted by molar-refractivity contribution is 7.99. The number of rotatable bonds is 6. The Balaban J connectivity index is 2.59. The van der Waals surface area contributed by atoms with Crippen LogP contribution in [-0.2, 0) is 6.54 Å². The van der Waals surface area contributed by atoms with E-state index in [1.807, 2.05) is 13.0 Å². The molecule has 0 radical (unpaired) electrons. The molecule has 108 valence electrons. The lowest BCUT2D eigenvalue weighted by Gasteiger charge is -2.20. The van der Waals surface area contributed by atoms with Gasteiger partial charge in [0.25, 0.3) is 0 Å². The summed E-state index contributed by atoms with van der Waals surface area (Å²) in [5.74, 6) is 1.18. The maximum Gasteiger partial charge on any atom is 0.0545 e. The number of thioether (sulfide) groups is 1. The SMILES string of the molecule is CC(CO)CSc1ccc(CNC(C)(C)C)cc1Cl. The van der Waals surface area contributed by atoms with Crippen LogP contribution >= 0.6 is 23.4 Å². The van der Waals surface area contributed by atoms with E-state index in [-0.39, 0.29) is 12.1 Å². The summed E-state index contributed by atoms with van der Waals surface area (Å²) in [6.45, 7) is 9.52. The van der Waals surface area contributed by atoms with Gasteiger partial charge in [0, 0.05) is 29.3 Å². The number of hydrogen-bond acceptors (Lipinski definition) is 3. The topological polar surface area (TPSA) is 32.3 Å². The third-order valence-electron chi connectivity index (χ3n) is 2.65. The van der Waals surface area contributed by atoms with Gasteiger partial charge in [0.15, 0.2) is 0 Å². The molecule has 0 heterocycles. The van der Waals surface area contributed by atoms with Crippen LogP contribution in [0.1, 0.15) is 33.3 Å². The molecule has 0 aromatic heterocycles. The van der Waals surface area contributed by atoms with Crippen molar-refractivity contribution in [2.45, 2.75) is 44.7 Å². The minimum absolute atomic E-state index is 0.108. The first-order valence-electron chi connectivity index (χ1n) is 6.59. The first-order valence-corrected chi connectivity index (χ1v) is 7.95. The van der Waals surface area contributed by atoms with Crippen molar-refractivity contribution in [3.8, 4) is 0 Å². The Morgan fingerprint density at radius 1 is 1.37 bits per heavy atom. The second-order valence-electron chi connectivity index (χ2n) is 5.97. The molecule has 0 spiro atoms. The molecule has 0 aliphatic carbocycles. The van der Waals surface area contributed by atoms with E-state index in [1.165, 1.54) is 5.56 Å². The zero-order chi connectivity index (χ0) is 14.5. The molecule has 1 aromatic rings. The molecule has 1 atom stereocenters. The van der Waals surface area contributed by atoms with E-state index in [2.05, 4.69) is 38.2 Å². The van der Waals surface area contributed by atoms with Crippen LogP contribution in [0.5, 0.6) is 0 Å². The summed E-state index contributed by atoms with van der Waals surface area (Å²) in [6, 6.07) is 6.19. The van der Waals surface area contributed by atoms with Gasteiger partial charge in [0.1, 0.15) is 0 Å². The average Bonchev–Trinajstić information content (AvgIpc) is 2.34. The highest BCUT2D eigenvalue weighted by Gasteiger charge is 2.10. The molecule has 0 fully saturated rings. The first-order chi connectivity index (χ1) is 8.81. The number of benzene rings is 1. The van der Waals surface area contributed by atoms with Crippen molar-refractivity contribution in [3.63, 3.8) is 0 Å². The fourth-order valence-electron chi connectivity index (χ4n) is 1.42. The normalized spacial score (nSPS) is 13.6. The average molecular weight is 302 g/mol. The molecular weight excluding hydrogens is 278 g/mol. The van der Waals surface area contributed by atoms with Crippen LogP contribution in [0, 0.1) is 5.92 Å². The van der Waals surface area contributed by atoms with E-state index in [0.717, 1.165) is 22.2 Å². The molecule has 0 saturated carbocycles. The lowest BCUT2D eigenvalue weighted by Crippen LogP contribution is -2.35. The quantitative estimate of drug-likeness (QED) is 0.780. The van der Waals surface area contributed by atoms with Gasteiger partial charge in [0.05, 0.1) is 5.02 Å². The highest BCUT2D eigenvalue weighted by Crippen LogP contribution is 2.29. The smallest absolute Gasteiger partial charge is 0.0545 e. The predicted octanol–water partition coefficient (Wildman–Crippen LogP) is 3.95. The highest BCUT2D eigenvalue weighted by atomic mass is 35.5. The molecule has 1 aromatic carbocycles. The Morgan fingerprint density at radius 3 is 2.58 bits per heavy atom. The number of hydrogen-bond donors (Lipinski definition) is 2. The number of nitrogens with one attached hydrogen (secondary N) is 1. The van der Waals surface area contributed by atoms with Gasteiger partial charge in [0.2, 0.25) is 0 Å². The standard InChI is InChI=1S/C15H24ClNOS/c1-11(9-18)10-19-14-6-5-12(7-13(14)16)8-17-15(2,3)4/h5-7,11,17-18H,8-10H2,1-4H3. The van der Waals surface area contributed by atoms with E-state index in [1.54, 1.807) is 11.8 Å². The maximum atomic E-state index is 9.02. The van der Waals surface area contributed by atoms with Crippen molar-refractivity contribution >= 4 is 23.4 Å². The van der Waals surface area contributed by atoms with Crippen LogP contribution in [0.25, 0.3) is 0 Å². The summed E-state index contributed by atoms with van der Waals surface area (Å²) in [5, 5.41) is 13.3. The Labute approximate surface area is 125 Å². The van der Waals surface area contributed by atoms with Crippen LogP contribution in [0.2, 0.25) is 5.02 Å². The Morgan fingerprint density at radius 2 is 2.05 bits per heavy atom. The molecule has 4 heteroatoms. The van der Waals surface area contributed by atoms with Crippen molar-refractivity contribution in [2.75, 3.05) is 12.4 Å². The fourth-order valence-corrected chi connectivity index (χ4v) is 2.72. The number of aliphatic hydroxyl groups is 1. The molecular formula is C15H24ClNOS. The summed E-state index contributed by atoms with van der Waals surface area (Å²) >= 11 is 7.99. The monoisotopic (exact) mass is 301 g/mol. The zero-order valence-corrected chi connectivity index (χ0v) is 13.7. The lowest BCUT2D eigenvalue weighted by atomic mass is 10.1. The van der Waals surface area contributed by atoms with Gasteiger partial charge in [-0.1, -0.05) is 24.6 Å². The zero-order valence-electron chi connectivity index (χ0n) is 12.2. The van der Waals surface area contributed by atoms with Crippen molar-refractivity contribution in [2.24, 2.45) is 5.92 Å². The molecule has 2 N–H and O–H groups in total. The molecule has 0 amide bonds.